The van der Waals surface area contributed by atoms with Gasteiger partial charge in [-0.3, -0.25) is 37.3 Å². The highest BCUT2D eigenvalue weighted by molar-refractivity contribution is 7.47. The van der Waals surface area contributed by atoms with Gasteiger partial charge < -0.3 is 33.8 Å². The van der Waals surface area contributed by atoms with Gasteiger partial charge in [0.1, 0.15) is 19.3 Å². The summed E-state index contributed by atoms with van der Waals surface area (Å²) in [7, 11) is -9.89. The highest BCUT2D eigenvalue weighted by Gasteiger charge is 2.30. The van der Waals surface area contributed by atoms with Crippen molar-refractivity contribution in [2.24, 2.45) is 17.8 Å². The molecule has 0 aromatic carbocycles. The number of aliphatic hydroxyl groups is 1. The molecule has 0 aromatic heterocycles. The van der Waals surface area contributed by atoms with Gasteiger partial charge >= 0.3 is 39.5 Å². The third-order valence-electron chi connectivity index (χ3n) is 15.0. The monoisotopic (exact) mass is 1230 g/mol. The van der Waals surface area contributed by atoms with Crippen molar-refractivity contribution < 1.29 is 80.2 Å². The number of phosphoric ester groups is 2. The molecule has 0 aliphatic rings. The SMILES string of the molecule is CCCCCCCCCCCCCCC(=O)OC[C@H](COP(=O)(O)OC[C@@H](O)COP(=O)(O)OC[C@@H](COC(=O)CCCCCCCCC(C)C)OC(=O)CCCCCCCCC(C)CC)OC(=O)CCCCCCCCCCCC(C)C. The maximum atomic E-state index is 13.0. The number of aliphatic hydroxyl groups excluding tert-OH is 1. The fourth-order valence-corrected chi connectivity index (χ4v) is 11.0. The zero-order chi connectivity index (χ0) is 61.7. The van der Waals surface area contributed by atoms with Gasteiger partial charge in [-0.05, 0) is 43.4 Å². The zero-order valence-electron chi connectivity index (χ0n) is 53.6. The Bertz CT molecular complexity index is 1650. The van der Waals surface area contributed by atoms with Crippen LogP contribution in [0.2, 0.25) is 0 Å². The number of esters is 4. The quantitative estimate of drug-likeness (QED) is 0.0222. The molecule has 3 N–H and O–H groups in total. The third kappa shape index (κ3) is 57.6. The van der Waals surface area contributed by atoms with Gasteiger partial charge in [-0.2, -0.15) is 0 Å². The second kappa shape index (κ2) is 55.4. The Morgan fingerprint density at radius 3 is 0.916 bits per heavy atom. The maximum absolute atomic E-state index is 13.0. The number of carbonyl (C=O) groups excluding carboxylic acids is 4. The minimum Gasteiger partial charge on any atom is -0.462 e. The molecular formula is C64H124O17P2. The van der Waals surface area contributed by atoms with Gasteiger partial charge in [0.25, 0.3) is 0 Å². The van der Waals surface area contributed by atoms with Crippen molar-refractivity contribution in [2.45, 2.75) is 330 Å². The van der Waals surface area contributed by atoms with Crippen LogP contribution in [0.25, 0.3) is 0 Å². The van der Waals surface area contributed by atoms with Gasteiger partial charge in [0, 0.05) is 25.7 Å². The molecule has 0 bridgehead atoms. The number of hydrogen-bond donors (Lipinski definition) is 3. The van der Waals surface area contributed by atoms with E-state index in [1.807, 2.05) is 0 Å². The van der Waals surface area contributed by atoms with Crippen LogP contribution in [-0.2, 0) is 65.4 Å². The van der Waals surface area contributed by atoms with E-state index in [1.165, 1.54) is 116 Å². The number of unbranched alkanes of at least 4 members (excludes halogenated alkanes) is 29. The second-order valence-corrected chi connectivity index (χ2v) is 27.3. The normalized spacial score (nSPS) is 14.7. The number of rotatable bonds is 62. The predicted octanol–water partition coefficient (Wildman–Crippen LogP) is 17.5. The molecule has 17 nitrogen and oxygen atoms in total. The van der Waals surface area contributed by atoms with E-state index in [4.69, 9.17) is 37.0 Å². The molecule has 492 valence electrons. The first-order valence-corrected chi connectivity index (χ1v) is 36.4. The summed E-state index contributed by atoms with van der Waals surface area (Å²) >= 11 is 0. The molecule has 0 heterocycles. The van der Waals surface area contributed by atoms with E-state index in [-0.39, 0.29) is 25.7 Å². The average molecular weight is 1230 g/mol. The van der Waals surface area contributed by atoms with Crippen LogP contribution >= 0.6 is 15.6 Å². The molecule has 0 aliphatic heterocycles. The molecule has 0 spiro atoms. The first-order chi connectivity index (χ1) is 39.8. The molecule has 0 fully saturated rings. The lowest BCUT2D eigenvalue weighted by molar-refractivity contribution is -0.161. The lowest BCUT2D eigenvalue weighted by atomic mass is 10.00. The van der Waals surface area contributed by atoms with E-state index < -0.39 is 97.5 Å². The smallest absolute Gasteiger partial charge is 0.462 e. The van der Waals surface area contributed by atoms with Crippen molar-refractivity contribution in [1.82, 2.24) is 0 Å². The topological polar surface area (TPSA) is 237 Å². The van der Waals surface area contributed by atoms with Crippen LogP contribution in [0, 0.1) is 17.8 Å². The summed E-state index contributed by atoms with van der Waals surface area (Å²) in [5.41, 5.74) is 0. The van der Waals surface area contributed by atoms with E-state index >= 15 is 0 Å². The Morgan fingerprint density at radius 2 is 0.614 bits per heavy atom. The zero-order valence-corrected chi connectivity index (χ0v) is 55.4. The highest BCUT2D eigenvalue weighted by atomic mass is 31.2. The fourth-order valence-electron chi connectivity index (χ4n) is 9.45. The van der Waals surface area contributed by atoms with Crippen LogP contribution < -0.4 is 0 Å². The van der Waals surface area contributed by atoms with Gasteiger partial charge in [0.15, 0.2) is 12.2 Å². The van der Waals surface area contributed by atoms with Gasteiger partial charge in [0.05, 0.1) is 26.4 Å². The largest absolute Gasteiger partial charge is 0.472 e. The lowest BCUT2D eigenvalue weighted by Gasteiger charge is -2.21. The molecule has 0 rings (SSSR count). The average Bonchev–Trinajstić information content (AvgIpc) is 3.44. The van der Waals surface area contributed by atoms with Crippen molar-refractivity contribution >= 4 is 39.5 Å². The molecule has 0 aromatic rings. The van der Waals surface area contributed by atoms with E-state index in [0.29, 0.717) is 31.6 Å². The fraction of sp³-hybridized carbons (Fsp3) is 0.938. The summed E-state index contributed by atoms with van der Waals surface area (Å²) < 4.78 is 68.0. The molecule has 19 heteroatoms. The van der Waals surface area contributed by atoms with Gasteiger partial charge in [-0.1, -0.05) is 260 Å². The van der Waals surface area contributed by atoms with Crippen LogP contribution in [0.5, 0.6) is 0 Å². The number of phosphoric acid groups is 2. The maximum Gasteiger partial charge on any atom is 0.472 e. The molecule has 6 atom stereocenters. The summed E-state index contributed by atoms with van der Waals surface area (Å²) in [4.78, 5) is 72.2. The number of ether oxygens (including phenoxy) is 4. The summed E-state index contributed by atoms with van der Waals surface area (Å²) in [5.74, 6) is -0.00342. The molecular weight excluding hydrogens is 1100 g/mol. The predicted molar refractivity (Wildman–Crippen MR) is 331 cm³/mol. The van der Waals surface area contributed by atoms with E-state index in [1.54, 1.807) is 0 Å². The minimum atomic E-state index is -4.94. The third-order valence-corrected chi connectivity index (χ3v) is 16.9. The van der Waals surface area contributed by atoms with Crippen molar-refractivity contribution in [1.29, 1.82) is 0 Å². The summed E-state index contributed by atoms with van der Waals surface area (Å²) in [6, 6.07) is 0. The minimum absolute atomic E-state index is 0.102. The standard InChI is InChI=1S/C64H124O17P2/c1-8-10-11-12-13-14-15-16-19-22-31-38-45-61(66)74-51-59(80-63(68)47-40-33-23-20-17-18-21-28-35-42-55(3)4)53-78-82(70,71)76-49-58(65)50-77-83(72,73)79-54-60(52-75-62(67)46-39-32-26-24-29-36-43-56(5)6)81-64(69)48-41-34-27-25-30-37-44-57(7)9-2/h55-60,65H,8-54H2,1-7H3,(H,70,71)(H,72,73)/t57?,58-,59-,60-/m1/s1. The van der Waals surface area contributed by atoms with Crippen LogP contribution in [0.4, 0.5) is 0 Å². The summed E-state index contributed by atoms with van der Waals surface area (Å²) in [5, 5.41) is 10.5. The lowest BCUT2D eigenvalue weighted by Crippen LogP contribution is -2.30. The molecule has 83 heavy (non-hydrogen) atoms. The number of hydrogen-bond acceptors (Lipinski definition) is 15. The Hall–Kier alpha value is -1.94. The number of carbonyl (C=O) groups is 4. The van der Waals surface area contributed by atoms with E-state index in [2.05, 4.69) is 48.5 Å². The van der Waals surface area contributed by atoms with Gasteiger partial charge in [-0.15, -0.1) is 0 Å². The van der Waals surface area contributed by atoms with Gasteiger partial charge in [-0.25, -0.2) is 9.13 Å². The van der Waals surface area contributed by atoms with E-state index in [0.717, 1.165) is 108 Å². The highest BCUT2D eigenvalue weighted by Crippen LogP contribution is 2.45. The molecule has 0 radical (unpaired) electrons. The Labute approximate surface area is 505 Å². The molecule has 0 saturated heterocycles. The summed E-state index contributed by atoms with van der Waals surface area (Å²) in [6.45, 7) is 11.6. The first kappa shape index (κ1) is 81.1. The van der Waals surface area contributed by atoms with Crippen molar-refractivity contribution in [3.8, 4) is 0 Å². The van der Waals surface area contributed by atoms with Crippen molar-refractivity contribution in [2.75, 3.05) is 39.6 Å². The Balaban J connectivity index is 5.25. The molecule has 3 unspecified atom stereocenters. The van der Waals surface area contributed by atoms with E-state index in [9.17, 15) is 43.2 Å². The van der Waals surface area contributed by atoms with Crippen LogP contribution in [0.3, 0.4) is 0 Å². The Morgan fingerprint density at radius 1 is 0.349 bits per heavy atom. The second-order valence-electron chi connectivity index (χ2n) is 24.3. The van der Waals surface area contributed by atoms with Crippen molar-refractivity contribution in [3.05, 3.63) is 0 Å². The van der Waals surface area contributed by atoms with Crippen LogP contribution in [-0.4, -0.2) is 96.7 Å². The van der Waals surface area contributed by atoms with Crippen LogP contribution in [0.15, 0.2) is 0 Å². The molecule has 0 saturated carbocycles. The molecule has 0 aliphatic carbocycles. The Kier molecular flexibility index (Phi) is 54.1. The molecule has 0 amide bonds. The van der Waals surface area contributed by atoms with Crippen molar-refractivity contribution in [3.63, 3.8) is 0 Å². The first-order valence-electron chi connectivity index (χ1n) is 33.4. The van der Waals surface area contributed by atoms with Gasteiger partial charge in [0.2, 0.25) is 0 Å². The van der Waals surface area contributed by atoms with Crippen LogP contribution in [0.1, 0.15) is 312 Å². The summed E-state index contributed by atoms with van der Waals surface area (Å²) in [6.07, 6.45) is 36.3.